The smallest absolute Gasteiger partial charge is 0.155 e. The van der Waals surface area contributed by atoms with Gasteiger partial charge in [-0.2, -0.15) is 5.53 Å². The predicted octanol–water partition coefficient (Wildman–Crippen LogP) is 5.05. The first-order valence-electron chi connectivity index (χ1n) is 8.39. The Morgan fingerprint density at radius 3 is 2.60 bits per heavy atom. The molecular weight excluding hydrogens is 310 g/mol. The SMILES string of the molecule is C/C(=C\C(C)C)Cn1c2ccccc2c2cc(C(N)=NN=N)ccc21. The van der Waals surface area contributed by atoms with Gasteiger partial charge in [0.1, 0.15) is 0 Å². The summed E-state index contributed by atoms with van der Waals surface area (Å²) in [6.45, 7) is 7.42. The number of allylic oxidation sites excluding steroid dienone is 2. The standard InChI is InChI=1S/C20H23N5/c1-13(2)10-14(3)12-25-18-7-5-4-6-16(18)17-11-15(8-9-19(17)25)20(21)23-24-22/h4-11,13H,12H2,1-3H3,(H3,21,22,23)/b14-10+. The summed E-state index contributed by atoms with van der Waals surface area (Å²) < 4.78 is 2.34. The van der Waals surface area contributed by atoms with Crippen LogP contribution < -0.4 is 5.73 Å². The van der Waals surface area contributed by atoms with Crippen molar-refractivity contribution in [1.29, 1.82) is 5.53 Å². The Bertz CT molecular complexity index is 992. The molecule has 0 aliphatic rings. The Hall–Kier alpha value is -2.95. The predicted molar refractivity (Wildman–Crippen MR) is 104 cm³/mol. The van der Waals surface area contributed by atoms with Crippen molar-refractivity contribution >= 4 is 27.6 Å². The molecule has 0 saturated carbocycles. The van der Waals surface area contributed by atoms with E-state index in [-0.39, 0.29) is 5.84 Å². The molecule has 0 spiro atoms. The molecule has 0 bridgehead atoms. The molecular formula is C20H23N5. The van der Waals surface area contributed by atoms with E-state index in [1.807, 2.05) is 18.2 Å². The number of nitrogens with one attached hydrogen (secondary N) is 1. The molecule has 5 heteroatoms. The summed E-state index contributed by atoms with van der Waals surface area (Å²) in [5.74, 6) is 0.786. The lowest BCUT2D eigenvalue weighted by Crippen LogP contribution is -2.12. The van der Waals surface area contributed by atoms with E-state index in [2.05, 4.69) is 66.0 Å². The van der Waals surface area contributed by atoms with Crippen LogP contribution in [0.4, 0.5) is 0 Å². The summed E-state index contributed by atoms with van der Waals surface area (Å²) in [5, 5.41) is 8.99. The van der Waals surface area contributed by atoms with E-state index in [4.69, 9.17) is 11.3 Å². The third-order valence-electron chi connectivity index (χ3n) is 4.25. The first-order valence-corrected chi connectivity index (χ1v) is 8.39. The van der Waals surface area contributed by atoms with Crippen LogP contribution in [0, 0.1) is 11.4 Å². The number of hydrogen-bond acceptors (Lipinski definition) is 2. The maximum atomic E-state index is 6.86. The van der Waals surface area contributed by atoms with Crippen LogP contribution in [-0.4, -0.2) is 10.4 Å². The highest BCUT2D eigenvalue weighted by Gasteiger charge is 2.12. The molecule has 0 aliphatic carbocycles. The molecule has 0 saturated heterocycles. The van der Waals surface area contributed by atoms with Crippen molar-refractivity contribution < 1.29 is 0 Å². The number of para-hydroxylation sites is 1. The van der Waals surface area contributed by atoms with Crippen LogP contribution in [0.5, 0.6) is 0 Å². The molecule has 5 nitrogen and oxygen atoms in total. The molecule has 3 N–H and O–H groups in total. The van der Waals surface area contributed by atoms with Crippen LogP contribution in [0.3, 0.4) is 0 Å². The molecule has 1 heterocycles. The van der Waals surface area contributed by atoms with Crippen LogP contribution in [0.25, 0.3) is 21.8 Å². The molecule has 0 radical (unpaired) electrons. The summed E-state index contributed by atoms with van der Waals surface area (Å²) in [5.41, 5.74) is 17.3. The van der Waals surface area contributed by atoms with Gasteiger partial charge in [-0.15, -0.1) is 5.10 Å². The van der Waals surface area contributed by atoms with Crippen molar-refractivity contribution in [2.75, 3.05) is 0 Å². The van der Waals surface area contributed by atoms with E-state index < -0.39 is 0 Å². The lowest BCUT2D eigenvalue weighted by molar-refractivity contribution is 0.782. The number of nitrogens with two attached hydrogens (primary N) is 1. The van der Waals surface area contributed by atoms with Crippen molar-refractivity contribution in [2.45, 2.75) is 27.3 Å². The Morgan fingerprint density at radius 2 is 1.88 bits per heavy atom. The molecule has 0 fully saturated rings. The molecule has 3 aromatic rings. The highest BCUT2D eigenvalue weighted by molar-refractivity contribution is 6.11. The maximum absolute atomic E-state index is 6.86. The second-order valence-corrected chi connectivity index (χ2v) is 6.68. The highest BCUT2D eigenvalue weighted by atomic mass is 15.3. The van der Waals surface area contributed by atoms with Crippen LogP contribution in [0.2, 0.25) is 0 Å². The van der Waals surface area contributed by atoms with Gasteiger partial charge >= 0.3 is 0 Å². The number of aromatic nitrogens is 1. The molecule has 25 heavy (non-hydrogen) atoms. The van der Waals surface area contributed by atoms with Gasteiger partial charge < -0.3 is 10.3 Å². The van der Waals surface area contributed by atoms with Gasteiger partial charge in [0.15, 0.2) is 5.84 Å². The fraction of sp³-hybridized carbons (Fsp3) is 0.250. The minimum Gasteiger partial charge on any atom is -0.382 e. The number of fused-ring (bicyclic) bond motifs is 3. The van der Waals surface area contributed by atoms with Crippen molar-refractivity contribution in [2.24, 2.45) is 22.0 Å². The molecule has 0 unspecified atom stereocenters. The monoisotopic (exact) mass is 333 g/mol. The first kappa shape index (κ1) is 16.9. The van der Waals surface area contributed by atoms with Crippen LogP contribution in [0.1, 0.15) is 26.3 Å². The lowest BCUT2D eigenvalue weighted by Gasteiger charge is -2.09. The fourth-order valence-corrected chi connectivity index (χ4v) is 3.37. The van der Waals surface area contributed by atoms with Gasteiger partial charge in [0, 0.05) is 33.9 Å². The van der Waals surface area contributed by atoms with Crippen molar-refractivity contribution in [1.82, 2.24) is 4.57 Å². The second kappa shape index (κ2) is 6.89. The Morgan fingerprint density at radius 1 is 1.16 bits per heavy atom. The number of amidine groups is 1. The normalized spacial score (nSPS) is 13.1. The Labute approximate surface area is 147 Å². The van der Waals surface area contributed by atoms with Gasteiger partial charge in [0.05, 0.1) is 0 Å². The van der Waals surface area contributed by atoms with E-state index in [1.165, 1.54) is 16.5 Å². The Balaban J connectivity index is 2.22. The van der Waals surface area contributed by atoms with Crippen LogP contribution in [-0.2, 0) is 6.54 Å². The lowest BCUT2D eigenvalue weighted by atomic mass is 10.1. The summed E-state index contributed by atoms with van der Waals surface area (Å²) in [6, 6.07) is 14.4. The van der Waals surface area contributed by atoms with Crippen LogP contribution in [0.15, 0.2) is 64.4 Å². The summed E-state index contributed by atoms with van der Waals surface area (Å²) in [6.07, 6.45) is 2.30. The number of nitrogens with zero attached hydrogens (tertiary/aromatic N) is 3. The van der Waals surface area contributed by atoms with E-state index in [0.717, 1.165) is 23.0 Å². The third kappa shape index (κ3) is 3.31. The number of rotatable bonds is 5. The minimum absolute atomic E-state index is 0.254. The highest BCUT2D eigenvalue weighted by Crippen LogP contribution is 2.30. The van der Waals surface area contributed by atoms with Gasteiger partial charge in [-0.05, 0) is 37.1 Å². The molecule has 0 atom stereocenters. The fourth-order valence-electron chi connectivity index (χ4n) is 3.37. The Kier molecular flexibility index (Phi) is 4.65. The van der Waals surface area contributed by atoms with Gasteiger partial charge in [-0.1, -0.05) is 48.9 Å². The summed E-state index contributed by atoms with van der Waals surface area (Å²) >= 11 is 0. The van der Waals surface area contributed by atoms with Gasteiger partial charge in [-0.3, -0.25) is 0 Å². The average molecular weight is 333 g/mol. The van der Waals surface area contributed by atoms with Gasteiger partial charge in [0.25, 0.3) is 0 Å². The molecule has 3 rings (SSSR count). The first-order chi connectivity index (χ1) is 12.0. The zero-order valence-electron chi connectivity index (χ0n) is 14.8. The molecule has 128 valence electrons. The number of hydrogen-bond donors (Lipinski definition) is 2. The van der Waals surface area contributed by atoms with Crippen LogP contribution >= 0.6 is 0 Å². The largest absolute Gasteiger partial charge is 0.382 e. The minimum atomic E-state index is 0.254. The van der Waals surface area contributed by atoms with Gasteiger partial charge in [-0.25, -0.2) is 0 Å². The second-order valence-electron chi connectivity index (χ2n) is 6.68. The quantitative estimate of drug-likeness (QED) is 0.221. The molecule has 2 aromatic carbocycles. The van der Waals surface area contributed by atoms with E-state index in [1.54, 1.807) is 0 Å². The molecule has 1 aromatic heterocycles. The number of benzene rings is 2. The van der Waals surface area contributed by atoms with Crippen molar-refractivity contribution in [3.63, 3.8) is 0 Å². The summed E-state index contributed by atoms with van der Waals surface area (Å²) in [4.78, 5) is 0. The van der Waals surface area contributed by atoms with Gasteiger partial charge in [0.2, 0.25) is 0 Å². The van der Waals surface area contributed by atoms with Crippen molar-refractivity contribution in [3.8, 4) is 0 Å². The molecule has 0 aliphatic heterocycles. The van der Waals surface area contributed by atoms with E-state index >= 15 is 0 Å². The van der Waals surface area contributed by atoms with E-state index in [9.17, 15) is 0 Å². The molecule has 0 amide bonds. The van der Waals surface area contributed by atoms with Crippen molar-refractivity contribution in [3.05, 3.63) is 59.7 Å². The van der Waals surface area contributed by atoms with E-state index in [0.29, 0.717) is 5.92 Å². The third-order valence-corrected chi connectivity index (χ3v) is 4.25. The maximum Gasteiger partial charge on any atom is 0.155 e. The average Bonchev–Trinajstić information content (AvgIpc) is 2.88. The zero-order chi connectivity index (χ0) is 18.0. The topological polar surface area (TPSA) is 79.5 Å². The zero-order valence-corrected chi connectivity index (χ0v) is 14.8. The summed E-state index contributed by atoms with van der Waals surface area (Å²) in [7, 11) is 0.